The van der Waals surface area contributed by atoms with Gasteiger partial charge in [-0.25, -0.2) is 9.37 Å². The molecule has 2 aromatic rings. The van der Waals surface area contributed by atoms with Crippen LogP contribution in [0.2, 0.25) is 0 Å². The van der Waals surface area contributed by atoms with Crippen LogP contribution in [0.4, 0.5) is 4.39 Å². The number of carbonyl (C=O) groups excluding carboxylic acids is 1. The zero-order valence-electron chi connectivity index (χ0n) is 17.9. The average molecular weight is 436 g/mol. The van der Waals surface area contributed by atoms with Crippen molar-refractivity contribution in [2.24, 2.45) is 4.99 Å². The summed E-state index contributed by atoms with van der Waals surface area (Å²) in [7, 11) is 3.62. The van der Waals surface area contributed by atoms with Crippen LogP contribution in [-0.4, -0.2) is 55.5 Å². The molecular weight excluding hydrogens is 405 g/mol. The van der Waals surface area contributed by atoms with Gasteiger partial charge in [-0.1, -0.05) is 12.1 Å². The first-order valence-electron chi connectivity index (χ1n) is 9.90. The van der Waals surface area contributed by atoms with Crippen LogP contribution in [0.25, 0.3) is 0 Å². The van der Waals surface area contributed by atoms with Crippen LogP contribution >= 0.6 is 11.3 Å². The molecule has 9 heteroatoms. The van der Waals surface area contributed by atoms with Crippen LogP contribution in [0.1, 0.15) is 36.2 Å². The van der Waals surface area contributed by atoms with Crippen molar-refractivity contribution in [1.29, 1.82) is 0 Å². The molecule has 0 spiro atoms. The maximum absolute atomic E-state index is 13.2. The minimum Gasteiger partial charge on any atom is -0.375 e. The lowest BCUT2D eigenvalue weighted by molar-refractivity contribution is -0.120. The summed E-state index contributed by atoms with van der Waals surface area (Å²) in [5.74, 6) is 0.245. The molecule has 0 aliphatic heterocycles. The summed E-state index contributed by atoms with van der Waals surface area (Å²) >= 11 is 1.58. The number of aromatic nitrogens is 1. The number of ether oxygens (including phenoxy) is 1. The highest BCUT2D eigenvalue weighted by Crippen LogP contribution is 2.20. The van der Waals surface area contributed by atoms with Gasteiger partial charge in [-0.05, 0) is 31.5 Å². The lowest BCUT2D eigenvalue weighted by Crippen LogP contribution is -2.39. The van der Waals surface area contributed by atoms with E-state index in [2.05, 4.69) is 20.6 Å². The molecule has 7 nitrogen and oxygen atoms in total. The monoisotopic (exact) mass is 435 g/mol. The first kappa shape index (κ1) is 23.8. The molecule has 0 aliphatic carbocycles. The number of nitrogens with one attached hydrogen (secondary N) is 2. The molecule has 2 rings (SSSR count). The SMILES string of the molecule is CCNC(=NCCNC(=O)Cc1cccc(F)c1)N(C)Cc1csc(C(C)OC)n1. The van der Waals surface area contributed by atoms with Gasteiger partial charge < -0.3 is 20.3 Å². The molecule has 0 radical (unpaired) electrons. The summed E-state index contributed by atoms with van der Waals surface area (Å²) in [5.41, 5.74) is 1.60. The van der Waals surface area contributed by atoms with Crippen molar-refractivity contribution in [3.63, 3.8) is 0 Å². The first-order valence-corrected chi connectivity index (χ1v) is 10.8. The molecule has 2 N–H and O–H groups in total. The fourth-order valence-electron chi connectivity index (χ4n) is 2.72. The minimum absolute atomic E-state index is 0.0213. The molecule has 1 heterocycles. The second-order valence-corrected chi connectivity index (χ2v) is 7.69. The maximum Gasteiger partial charge on any atom is 0.224 e. The van der Waals surface area contributed by atoms with Gasteiger partial charge in [0.05, 0.1) is 25.2 Å². The van der Waals surface area contributed by atoms with E-state index >= 15 is 0 Å². The zero-order valence-corrected chi connectivity index (χ0v) is 18.8. The lowest BCUT2D eigenvalue weighted by Gasteiger charge is -2.21. The Balaban J connectivity index is 1.84. The van der Waals surface area contributed by atoms with Gasteiger partial charge in [-0.15, -0.1) is 11.3 Å². The number of carbonyl (C=O) groups is 1. The standard InChI is InChI=1S/C21H30FN5O2S/c1-5-23-21(27(3)13-18-14-30-20(26-18)15(2)29-4)25-10-9-24-19(28)12-16-7-6-8-17(22)11-16/h6-8,11,14-15H,5,9-10,12-13H2,1-4H3,(H,23,25)(H,24,28). The Bertz CT molecular complexity index is 842. The van der Waals surface area contributed by atoms with Crippen molar-refractivity contribution >= 4 is 23.2 Å². The fourth-order valence-corrected chi connectivity index (χ4v) is 3.56. The van der Waals surface area contributed by atoms with E-state index in [1.807, 2.05) is 31.2 Å². The Hall–Kier alpha value is -2.52. The second kappa shape index (κ2) is 12.2. The van der Waals surface area contributed by atoms with Gasteiger partial charge in [-0.2, -0.15) is 0 Å². The molecule has 1 aromatic carbocycles. The van der Waals surface area contributed by atoms with Crippen LogP contribution in [0, 0.1) is 5.82 Å². The number of hydrogen-bond acceptors (Lipinski definition) is 5. The van der Waals surface area contributed by atoms with E-state index in [4.69, 9.17) is 4.74 Å². The number of benzene rings is 1. The van der Waals surface area contributed by atoms with Crippen LogP contribution in [0.5, 0.6) is 0 Å². The number of halogens is 1. The number of methoxy groups -OCH3 is 1. The van der Waals surface area contributed by atoms with Crippen molar-refractivity contribution in [1.82, 2.24) is 20.5 Å². The van der Waals surface area contributed by atoms with Crippen LogP contribution in [0.3, 0.4) is 0 Å². The molecule has 0 fully saturated rings. The Morgan fingerprint density at radius 2 is 2.20 bits per heavy atom. The number of hydrogen-bond donors (Lipinski definition) is 2. The van der Waals surface area contributed by atoms with Crippen molar-refractivity contribution in [2.45, 2.75) is 32.9 Å². The predicted molar refractivity (Wildman–Crippen MR) is 118 cm³/mol. The van der Waals surface area contributed by atoms with Gasteiger partial charge >= 0.3 is 0 Å². The van der Waals surface area contributed by atoms with Crippen molar-refractivity contribution < 1.29 is 13.9 Å². The molecule has 1 aromatic heterocycles. The Morgan fingerprint density at radius 3 is 2.90 bits per heavy atom. The Kier molecular flexibility index (Phi) is 9.69. The summed E-state index contributed by atoms with van der Waals surface area (Å²) in [5, 5.41) is 9.04. The van der Waals surface area contributed by atoms with Crippen molar-refractivity contribution in [2.75, 3.05) is 33.8 Å². The van der Waals surface area contributed by atoms with Gasteiger partial charge in [0.25, 0.3) is 0 Å². The summed E-state index contributed by atoms with van der Waals surface area (Å²) in [6, 6.07) is 6.06. The zero-order chi connectivity index (χ0) is 21.9. The molecule has 1 atom stereocenters. The minimum atomic E-state index is -0.341. The van der Waals surface area contributed by atoms with E-state index in [0.717, 1.165) is 23.2 Å². The van der Waals surface area contributed by atoms with Gasteiger partial charge in [0.2, 0.25) is 5.91 Å². The van der Waals surface area contributed by atoms with Crippen LogP contribution < -0.4 is 10.6 Å². The van der Waals surface area contributed by atoms with Crippen LogP contribution in [0.15, 0.2) is 34.6 Å². The predicted octanol–water partition coefficient (Wildman–Crippen LogP) is 2.75. The van der Waals surface area contributed by atoms with E-state index in [1.165, 1.54) is 12.1 Å². The van der Waals surface area contributed by atoms with Gasteiger partial charge in [0, 0.05) is 32.6 Å². The topological polar surface area (TPSA) is 78.9 Å². The van der Waals surface area contributed by atoms with E-state index in [9.17, 15) is 9.18 Å². The highest BCUT2D eigenvalue weighted by atomic mass is 32.1. The first-order chi connectivity index (χ1) is 14.4. The fraction of sp³-hybridized carbons (Fsp3) is 0.476. The number of amides is 1. The molecule has 1 unspecified atom stereocenters. The average Bonchev–Trinajstić information content (AvgIpc) is 3.18. The van der Waals surface area contributed by atoms with Gasteiger partial charge in [0.1, 0.15) is 16.9 Å². The van der Waals surface area contributed by atoms with E-state index in [-0.39, 0.29) is 24.2 Å². The largest absolute Gasteiger partial charge is 0.375 e. The van der Waals surface area contributed by atoms with Crippen molar-refractivity contribution in [3.8, 4) is 0 Å². The molecule has 0 aliphatic rings. The Morgan fingerprint density at radius 1 is 1.40 bits per heavy atom. The molecule has 0 saturated heterocycles. The lowest BCUT2D eigenvalue weighted by atomic mass is 10.1. The second-order valence-electron chi connectivity index (χ2n) is 6.80. The molecule has 0 bridgehead atoms. The summed E-state index contributed by atoms with van der Waals surface area (Å²) in [6.45, 7) is 6.17. The number of guanidine groups is 1. The quantitative estimate of drug-likeness (QED) is 0.341. The summed E-state index contributed by atoms with van der Waals surface area (Å²) < 4.78 is 18.5. The van der Waals surface area contributed by atoms with Gasteiger partial charge in [-0.3, -0.25) is 9.79 Å². The highest BCUT2D eigenvalue weighted by molar-refractivity contribution is 7.09. The smallest absolute Gasteiger partial charge is 0.224 e. The molecule has 30 heavy (non-hydrogen) atoms. The molecular formula is C21H30FN5O2S. The number of thiazole rings is 1. The van der Waals surface area contributed by atoms with E-state index in [0.29, 0.717) is 25.2 Å². The number of aliphatic imine (C=N–C) groups is 1. The van der Waals surface area contributed by atoms with Crippen LogP contribution in [-0.2, 0) is 22.5 Å². The van der Waals surface area contributed by atoms with E-state index < -0.39 is 0 Å². The molecule has 164 valence electrons. The van der Waals surface area contributed by atoms with E-state index in [1.54, 1.807) is 30.6 Å². The van der Waals surface area contributed by atoms with Crippen molar-refractivity contribution in [3.05, 3.63) is 51.7 Å². The maximum atomic E-state index is 13.2. The van der Waals surface area contributed by atoms with Gasteiger partial charge in [0.15, 0.2) is 5.96 Å². The highest BCUT2D eigenvalue weighted by Gasteiger charge is 2.12. The third-order valence-corrected chi connectivity index (χ3v) is 5.37. The number of nitrogens with zero attached hydrogens (tertiary/aromatic N) is 3. The third kappa shape index (κ3) is 7.72. The number of rotatable bonds is 10. The summed E-state index contributed by atoms with van der Waals surface area (Å²) in [4.78, 5) is 23.2. The molecule has 0 saturated carbocycles. The normalized spacial score (nSPS) is 12.5. The molecule has 1 amide bonds. The third-order valence-electron chi connectivity index (χ3n) is 4.32. The summed E-state index contributed by atoms with van der Waals surface area (Å²) in [6.07, 6.45) is 0.125. The Labute approximate surface area is 181 Å².